The summed E-state index contributed by atoms with van der Waals surface area (Å²) in [6.07, 6.45) is -0.644. The van der Waals surface area contributed by atoms with Crippen LogP contribution in [-0.4, -0.2) is 11.7 Å². The zero-order valence-corrected chi connectivity index (χ0v) is 16.0. The van der Waals surface area contributed by atoms with Crippen LogP contribution in [0, 0.1) is 0 Å². The average molecular weight is 406 g/mol. The summed E-state index contributed by atoms with van der Waals surface area (Å²) >= 11 is 6.95. The summed E-state index contributed by atoms with van der Waals surface area (Å²) in [6.45, 7) is 0.636. The van der Waals surface area contributed by atoms with Gasteiger partial charge in [-0.2, -0.15) is 0 Å². The molecule has 1 atom stereocenters. The molecule has 0 saturated carbocycles. The van der Waals surface area contributed by atoms with Crippen LogP contribution in [0.4, 0.5) is 14.5 Å². The lowest BCUT2D eigenvalue weighted by atomic mass is 9.89. The number of anilines is 1. The van der Waals surface area contributed by atoms with E-state index in [1.165, 1.54) is 6.07 Å². The Morgan fingerprint density at radius 2 is 1.81 bits per heavy atom. The van der Waals surface area contributed by atoms with Gasteiger partial charge < -0.3 is 10.0 Å². The van der Waals surface area contributed by atoms with Crippen molar-refractivity contribution in [2.24, 2.45) is 0 Å². The first kappa shape index (κ1) is 18.4. The largest absolute Gasteiger partial charge is 0.383 e. The fourth-order valence-electron chi connectivity index (χ4n) is 3.67. The number of hydrogen-bond acceptors (Lipinski definition) is 3. The molecule has 2 heterocycles. The lowest BCUT2D eigenvalue weighted by Crippen LogP contribution is -2.37. The molecule has 0 aliphatic carbocycles. The molecule has 1 unspecified atom stereocenters. The van der Waals surface area contributed by atoms with Crippen LogP contribution in [0.3, 0.4) is 0 Å². The maximum Gasteiger partial charge on any atom is 0.285 e. The maximum absolute atomic E-state index is 14.8. The van der Waals surface area contributed by atoms with Gasteiger partial charge in [0.05, 0.1) is 17.8 Å². The zero-order chi connectivity index (χ0) is 19.1. The number of thiophene rings is 1. The van der Waals surface area contributed by atoms with Crippen LogP contribution in [0.25, 0.3) is 0 Å². The van der Waals surface area contributed by atoms with Crippen LogP contribution in [0.15, 0.2) is 66.0 Å². The topological polar surface area (TPSA) is 23.5 Å². The van der Waals surface area contributed by atoms with Gasteiger partial charge in [0, 0.05) is 22.8 Å². The monoisotopic (exact) mass is 405 g/mol. The SMILES string of the molecule is OC1(CC(F)(F)c2cccs2)CN(Cc2ccc(Cl)cc2)c2ccccc21. The maximum atomic E-state index is 14.8. The first-order valence-electron chi connectivity index (χ1n) is 8.60. The number of hydrogen-bond donors (Lipinski definition) is 1. The highest BCUT2D eigenvalue weighted by atomic mass is 35.5. The third-order valence-corrected chi connectivity index (χ3v) is 6.12. The highest BCUT2D eigenvalue weighted by Gasteiger charge is 2.49. The molecule has 0 saturated heterocycles. The fraction of sp³-hybridized carbons (Fsp3) is 0.238. The molecular formula is C21H18ClF2NOS. The van der Waals surface area contributed by atoms with Crippen molar-refractivity contribution in [2.45, 2.75) is 24.5 Å². The van der Waals surface area contributed by atoms with Crippen LogP contribution in [0.5, 0.6) is 0 Å². The smallest absolute Gasteiger partial charge is 0.285 e. The number of fused-ring (bicyclic) bond motifs is 1. The molecular weight excluding hydrogens is 388 g/mol. The average Bonchev–Trinajstić information content (AvgIpc) is 3.26. The molecule has 2 aromatic carbocycles. The highest BCUT2D eigenvalue weighted by Crippen LogP contribution is 2.48. The van der Waals surface area contributed by atoms with Gasteiger partial charge in [0.2, 0.25) is 0 Å². The minimum absolute atomic E-state index is 0.0236. The van der Waals surface area contributed by atoms with Crippen molar-refractivity contribution < 1.29 is 13.9 Å². The second-order valence-corrected chi connectivity index (χ2v) is 8.27. The van der Waals surface area contributed by atoms with E-state index in [4.69, 9.17) is 11.6 Å². The zero-order valence-electron chi connectivity index (χ0n) is 14.4. The highest BCUT2D eigenvalue weighted by molar-refractivity contribution is 7.10. The molecule has 0 fully saturated rings. The van der Waals surface area contributed by atoms with Crippen molar-refractivity contribution in [1.82, 2.24) is 0 Å². The molecule has 1 N–H and O–H groups in total. The van der Waals surface area contributed by atoms with Crippen LogP contribution >= 0.6 is 22.9 Å². The molecule has 4 rings (SSSR count). The van der Waals surface area contributed by atoms with E-state index in [-0.39, 0.29) is 11.4 Å². The van der Waals surface area contributed by atoms with Crippen molar-refractivity contribution in [2.75, 3.05) is 11.4 Å². The quantitative estimate of drug-likeness (QED) is 0.580. The van der Waals surface area contributed by atoms with E-state index in [0.29, 0.717) is 17.1 Å². The number of alkyl halides is 2. The second-order valence-electron chi connectivity index (χ2n) is 6.89. The van der Waals surface area contributed by atoms with E-state index in [0.717, 1.165) is 22.6 Å². The summed E-state index contributed by atoms with van der Waals surface area (Å²) in [5, 5.41) is 13.5. The normalized spacial score (nSPS) is 19.3. The van der Waals surface area contributed by atoms with Gasteiger partial charge in [-0.05, 0) is 35.2 Å². The Balaban J connectivity index is 1.63. The van der Waals surface area contributed by atoms with E-state index < -0.39 is 17.9 Å². The fourth-order valence-corrected chi connectivity index (χ4v) is 4.50. The lowest BCUT2D eigenvalue weighted by molar-refractivity contribution is -0.0887. The number of benzene rings is 2. The Morgan fingerprint density at radius 3 is 2.52 bits per heavy atom. The van der Waals surface area contributed by atoms with Crippen LogP contribution in [-0.2, 0) is 18.1 Å². The summed E-state index contributed by atoms with van der Waals surface area (Å²) < 4.78 is 29.6. The summed E-state index contributed by atoms with van der Waals surface area (Å²) in [4.78, 5) is 1.92. The predicted octanol–water partition coefficient (Wildman–Crippen LogP) is 5.79. The number of nitrogens with zero attached hydrogens (tertiary/aromatic N) is 1. The van der Waals surface area contributed by atoms with Gasteiger partial charge in [-0.1, -0.05) is 48.0 Å². The number of rotatable bonds is 5. The molecule has 0 bridgehead atoms. The van der Waals surface area contributed by atoms with Crippen LogP contribution in [0.1, 0.15) is 22.4 Å². The Hall–Kier alpha value is -1.95. The van der Waals surface area contributed by atoms with Gasteiger partial charge in [-0.3, -0.25) is 0 Å². The minimum Gasteiger partial charge on any atom is -0.383 e. The first-order chi connectivity index (χ1) is 12.9. The summed E-state index contributed by atoms with van der Waals surface area (Å²) in [7, 11) is 0. The first-order valence-corrected chi connectivity index (χ1v) is 9.86. The molecule has 3 aromatic rings. The van der Waals surface area contributed by atoms with Crippen LogP contribution in [0.2, 0.25) is 5.02 Å². The van der Waals surface area contributed by atoms with Crippen molar-refractivity contribution in [3.05, 3.63) is 87.1 Å². The van der Waals surface area contributed by atoms with E-state index in [1.54, 1.807) is 35.7 Å². The third-order valence-electron chi connectivity index (χ3n) is 4.88. The summed E-state index contributed by atoms with van der Waals surface area (Å²) in [5.41, 5.74) is 0.729. The molecule has 0 radical (unpaired) electrons. The standard InChI is InChI=1S/C21H18ClF2NOS/c22-16-9-7-15(8-10-16)12-25-14-20(26,17-4-1-2-5-18(17)25)13-21(23,24)19-6-3-11-27-19/h1-11,26H,12-14H2. The summed E-state index contributed by atoms with van der Waals surface area (Å²) in [5.74, 6) is -3.09. The Bertz CT molecular complexity index is 930. The van der Waals surface area contributed by atoms with Crippen molar-refractivity contribution in [3.63, 3.8) is 0 Å². The van der Waals surface area contributed by atoms with Gasteiger partial charge in [-0.25, -0.2) is 8.78 Å². The molecule has 140 valence electrons. The lowest BCUT2D eigenvalue weighted by Gasteiger charge is -2.29. The Labute approximate surface area is 165 Å². The molecule has 1 aliphatic rings. The molecule has 0 amide bonds. The number of β-amino-alcohol motifs (C(OH)–C–C–N with tert-alkyl or cyclic N) is 1. The molecule has 27 heavy (non-hydrogen) atoms. The third kappa shape index (κ3) is 3.59. The van der Waals surface area contributed by atoms with Gasteiger partial charge in [0.1, 0.15) is 5.60 Å². The Kier molecular flexibility index (Phi) is 4.70. The molecule has 2 nitrogen and oxygen atoms in total. The van der Waals surface area contributed by atoms with Crippen molar-refractivity contribution in [1.29, 1.82) is 0 Å². The molecule has 0 spiro atoms. The Morgan fingerprint density at radius 1 is 1.07 bits per heavy atom. The van der Waals surface area contributed by atoms with Gasteiger partial charge >= 0.3 is 0 Å². The number of aliphatic hydroxyl groups is 1. The molecule has 1 aliphatic heterocycles. The van der Waals surface area contributed by atoms with E-state index in [9.17, 15) is 13.9 Å². The van der Waals surface area contributed by atoms with Gasteiger partial charge in [-0.15, -0.1) is 11.3 Å². The second kappa shape index (κ2) is 6.89. The van der Waals surface area contributed by atoms with Crippen molar-refractivity contribution in [3.8, 4) is 0 Å². The minimum atomic E-state index is -3.09. The molecule has 1 aromatic heterocycles. The summed E-state index contributed by atoms with van der Waals surface area (Å²) in [6, 6.07) is 17.7. The van der Waals surface area contributed by atoms with Crippen molar-refractivity contribution >= 4 is 28.6 Å². The van der Waals surface area contributed by atoms with E-state index >= 15 is 0 Å². The number of halogens is 3. The van der Waals surface area contributed by atoms with Crippen LogP contribution < -0.4 is 4.90 Å². The van der Waals surface area contributed by atoms with Gasteiger partial charge in [0.15, 0.2) is 0 Å². The predicted molar refractivity (Wildman–Crippen MR) is 106 cm³/mol. The van der Waals surface area contributed by atoms with E-state index in [2.05, 4.69) is 0 Å². The number of para-hydroxylation sites is 1. The molecule has 6 heteroatoms. The van der Waals surface area contributed by atoms with Gasteiger partial charge in [0.25, 0.3) is 5.92 Å². The van der Waals surface area contributed by atoms with E-state index in [1.807, 2.05) is 29.2 Å².